The van der Waals surface area contributed by atoms with Crippen LogP contribution in [0.2, 0.25) is 9.36 Å². The molecule has 0 aliphatic carbocycles. The first kappa shape index (κ1) is 12.2. The van der Waals surface area contributed by atoms with Gasteiger partial charge in [0.05, 0.1) is 19.9 Å². The number of anilines is 2. The number of hydrogen-bond donors (Lipinski definition) is 2. The Kier molecular flexibility index (Phi) is 3.57. The van der Waals surface area contributed by atoms with E-state index in [9.17, 15) is 4.79 Å². The summed E-state index contributed by atoms with van der Waals surface area (Å²) in [5, 5.41) is 3.17. The Morgan fingerprint density at radius 3 is 2.59 bits per heavy atom. The molecule has 0 saturated carbocycles. The fourth-order valence-electron chi connectivity index (χ4n) is 1.25. The van der Waals surface area contributed by atoms with Gasteiger partial charge in [-0.05, 0) is 30.3 Å². The Hall–Kier alpha value is -1.23. The summed E-state index contributed by atoms with van der Waals surface area (Å²) in [5.74, 6) is -0.219. The van der Waals surface area contributed by atoms with Gasteiger partial charge in [0.2, 0.25) is 0 Å². The van der Waals surface area contributed by atoms with Crippen LogP contribution < -0.4 is 11.1 Å². The molecular weight excluding hydrogens is 279 g/mol. The molecule has 6 heteroatoms. The molecule has 2 rings (SSSR count). The van der Waals surface area contributed by atoms with Crippen LogP contribution in [0, 0.1) is 0 Å². The van der Waals surface area contributed by atoms with Gasteiger partial charge in [-0.15, -0.1) is 11.3 Å². The van der Waals surface area contributed by atoms with E-state index in [4.69, 9.17) is 28.9 Å². The van der Waals surface area contributed by atoms with Crippen molar-refractivity contribution >= 4 is 51.8 Å². The molecule has 1 aromatic heterocycles. The lowest BCUT2D eigenvalue weighted by Gasteiger charge is -2.05. The second kappa shape index (κ2) is 4.96. The van der Waals surface area contributed by atoms with Crippen molar-refractivity contribution in [1.29, 1.82) is 0 Å². The van der Waals surface area contributed by atoms with E-state index in [0.29, 0.717) is 25.6 Å². The highest BCUT2D eigenvalue weighted by Crippen LogP contribution is 2.25. The summed E-state index contributed by atoms with van der Waals surface area (Å²) < 4.78 is 0.575. The number of nitrogens with two attached hydrogens (primary N) is 1. The predicted octanol–water partition coefficient (Wildman–Crippen LogP) is 3.89. The Labute approximate surface area is 112 Å². The van der Waals surface area contributed by atoms with Gasteiger partial charge < -0.3 is 11.1 Å². The van der Waals surface area contributed by atoms with Crippen molar-refractivity contribution in [2.24, 2.45) is 0 Å². The Balaban J connectivity index is 2.15. The molecule has 3 N–H and O–H groups in total. The average molecular weight is 287 g/mol. The first-order chi connectivity index (χ1) is 8.06. The summed E-state index contributed by atoms with van der Waals surface area (Å²) in [4.78, 5) is 12.3. The third-order valence-corrected chi connectivity index (χ3v) is 3.62. The normalized spacial score (nSPS) is 10.2. The maximum absolute atomic E-state index is 11.8. The highest BCUT2D eigenvalue weighted by Gasteiger charge is 2.09. The predicted molar refractivity (Wildman–Crippen MR) is 73.1 cm³/mol. The van der Waals surface area contributed by atoms with Crippen LogP contribution in [0.4, 0.5) is 11.4 Å². The SMILES string of the molecule is Nc1cc(NC(=O)c2ccc(Cl)s2)ccc1Cl. The quantitative estimate of drug-likeness (QED) is 0.823. The highest BCUT2D eigenvalue weighted by atomic mass is 35.5. The molecule has 0 spiro atoms. The maximum Gasteiger partial charge on any atom is 0.265 e. The van der Waals surface area contributed by atoms with Crippen LogP contribution in [0.3, 0.4) is 0 Å². The fourth-order valence-corrected chi connectivity index (χ4v) is 2.31. The van der Waals surface area contributed by atoms with Gasteiger partial charge in [0, 0.05) is 5.69 Å². The van der Waals surface area contributed by atoms with Gasteiger partial charge in [0.1, 0.15) is 0 Å². The molecule has 3 nitrogen and oxygen atoms in total. The first-order valence-corrected chi connectivity index (χ1v) is 6.25. The van der Waals surface area contributed by atoms with E-state index in [1.54, 1.807) is 30.3 Å². The van der Waals surface area contributed by atoms with Crippen LogP contribution >= 0.6 is 34.5 Å². The number of nitrogen functional groups attached to an aromatic ring is 1. The van der Waals surface area contributed by atoms with Crippen LogP contribution in [0.5, 0.6) is 0 Å². The van der Waals surface area contributed by atoms with Crippen LogP contribution in [-0.2, 0) is 0 Å². The van der Waals surface area contributed by atoms with E-state index in [1.165, 1.54) is 11.3 Å². The number of amides is 1. The van der Waals surface area contributed by atoms with Crippen LogP contribution in [-0.4, -0.2) is 5.91 Å². The highest BCUT2D eigenvalue weighted by molar-refractivity contribution is 7.18. The van der Waals surface area contributed by atoms with E-state index < -0.39 is 0 Å². The van der Waals surface area contributed by atoms with Crippen LogP contribution in [0.25, 0.3) is 0 Å². The Morgan fingerprint density at radius 2 is 2.00 bits per heavy atom. The summed E-state index contributed by atoms with van der Waals surface area (Å²) >= 11 is 12.8. The number of nitrogens with one attached hydrogen (secondary N) is 1. The number of thiophene rings is 1. The molecule has 1 amide bonds. The Morgan fingerprint density at radius 1 is 1.24 bits per heavy atom. The summed E-state index contributed by atoms with van der Waals surface area (Å²) in [6.45, 7) is 0. The lowest BCUT2D eigenvalue weighted by molar-refractivity contribution is 0.103. The topological polar surface area (TPSA) is 55.1 Å². The second-order valence-corrected chi connectivity index (χ2v) is 5.42. The number of carbonyl (C=O) groups is 1. The molecule has 0 aliphatic heterocycles. The monoisotopic (exact) mass is 286 g/mol. The third kappa shape index (κ3) is 2.91. The van der Waals surface area contributed by atoms with Crippen molar-refractivity contribution in [3.63, 3.8) is 0 Å². The van der Waals surface area contributed by atoms with E-state index in [1.807, 2.05) is 0 Å². The van der Waals surface area contributed by atoms with Crippen molar-refractivity contribution in [3.8, 4) is 0 Å². The molecule has 88 valence electrons. The average Bonchev–Trinajstić information content (AvgIpc) is 2.70. The minimum Gasteiger partial charge on any atom is -0.397 e. The van der Waals surface area contributed by atoms with E-state index in [2.05, 4.69) is 5.32 Å². The van der Waals surface area contributed by atoms with Gasteiger partial charge >= 0.3 is 0 Å². The van der Waals surface area contributed by atoms with Crippen LogP contribution in [0.1, 0.15) is 9.67 Å². The minimum absolute atomic E-state index is 0.219. The zero-order chi connectivity index (χ0) is 12.4. The Bertz CT molecular complexity index is 568. The molecular formula is C11H8Cl2N2OS. The molecule has 1 aromatic carbocycles. The van der Waals surface area contributed by atoms with E-state index >= 15 is 0 Å². The van der Waals surface area contributed by atoms with Crippen molar-refractivity contribution in [2.45, 2.75) is 0 Å². The van der Waals surface area contributed by atoms with Crippen molar-refractivity contribution in [1.82, 2.24) is 0 Å². The number of benzene rings is 1. The molecule has 0 unspecified atom stereocenters. The maximum atomic E-state index is 11.8. The third-order valence-electron chi connectivity index (χ3n) is 2.05. The van der Waals surface area contributed by atoms with E-state index in [0.717, 1.165) is 0 Å². The van der Waals surface area contributed by atoms with Crippen molar-refractivity contribution in [3.05, 3.63) is 44.6 Å². The van der Waals surface area contributed by atoms with Gasteiger partial charge in [-0.1, -0.05) is 23.2 Å². The number of hydrogen-bond acceptors (Lipinski definition) is 3. The number of halogens is 2. The summed E-state index contributed by atoms with van der Waals surface area (Å²) in [6.07, 6.45) is 0. The summed E-state index contributed by atoms with van der Waals surface area (Å²) in [6, 6.07) is 8.27. The molecule has 0 radical (unpaired) electrons. The molecule has 0 atom stereocenters. The van der Waals surface area contributed by atoms with Gasteiger partial charge in [-0.25, -0.2) is 0 Å². The second-order valence-electron chi connectivity index (χ2n) is 3.29. The molecule has 0 aliphatic rings. The van der Waals surface area contributed by atoms with Crippen molar-refractivity contribution in [2.75, 3.05) is 11.1 Å². The summed E-state index contributed by atoms with van der Waals surface area (Å²) in [7, 11) is 0. The van der Waals surface area contributed by atoms with Gasteiger partial charge in [0.15, 0.2) is 0 Å². The molecule has 0 bridgehead atoms. The van der Waals surface area contributed by atoms with E-state index in [-0.39, 0.29) is 5.91 Å². The van der Waals surface area contributed by atoms with Gasteiger partial charge in [0.25, 0.3) is 5.91 Å². The zero-order valence-electron chi connectivity index (χ0n) is 8.54. The molecule has 1 heterocycles. The molecule has 17 heavy (non-hydrogen) atoms. The van der Waals surface area contributed by atoms with Crippen molar-refractivity contribution < 1.29 is 4.79 Å². The smallest absolute Gasteiger partial charge is 0.265 e. The zero-order valence-corrected chi connectivity index (χ0v) is 10.9. The molecule has 0 fully saturated rings. The standard InChI is InChI=1S/C11H8Cl2N2OS/c12-7-2-1-6(5-8(7)14)15-11(16)9-3-4-10(13)17-9/h1-5H,14H2,(H,15,16). The number of carbonyl (C=O) groups excluding carboxylic acids is 1. The summed E-state index contributed by atoms with van der Waals surface area (Å²) in [5.41, 5.74) is 6.66. The number of rotatable bonds is 2. The molecule has 2 aromatic rings. The van der Waals surface area contributed by atoms with Crippen LogP contribution in [0.15, 0.2) is 30.3 Å². The lowest BCUT2D eigenvalue weighted by Crippen LogP contribution is -2.10. The lowest BCUT2D eigenvalue weighted by atomic mass is 10.3. The molecule has 0 saturated heterocycles. The minimum atomic E-state index is -0.219. The largest absolute Gasteiger partial charge is 0.397 e. The van der Waals surface area contributed by atoms with Gasteiger partial charge in [-0.2, -0.15) is 0 Å². The first-order valence-electron chi connectivity index (χ1n) is 4.68. The fraction of sp³-hybridized carbons (Fsp3) is 0. The van der Waals surface area contributed by atoms with Gasteiger partial charge in [-0.3, -0.25) is 4.79 Å².